The Morgan fingerprint density at radius 2 is 0.342 bits per heavy atom. The number of ether oxygens (including phenoxy) is 3. The van der Waals surface area contributed by atoms with Gasteiger partial charge >= 0.3 is 17.9 Å². The molecule has 6 nitrogen and oxygen atoms in total. The first kappa shape index (κ1) is 77.4. The van der Waals surface area contributed by atoms with E-state index in [1.165, 1.54) is 334 Å². The van der Waals surface area contributed by atoms with E-state index < -0.39 is 6.10 Å². The van der Waals surface area contributed by atoms with Crippen LogP contribution in [-0.4, -0.2) is 37.2 Å². The molecule has 0 aliphatic heterocycles. The van der Waals surface area contributed by atoms with Crippen molar-refractivity contribution < 1.29 is 28.6 Å². The second-order valence-corrected chi connectivity index (χ2v) is 25.2. The first-order valence-corrected chi connectivity index (χ1v) is 36.5. The topological polar surface area (TPSA) is 78.9 Å². The summed E-state index contributed by atoms with van der Waals surface area (Å²) in [5.74, 6) is -0.825. The number of unbranched alkanes of at least 4 members (excludes halogenated alkanes) is 58. The van der Waals surface area contributed by atoms with Crippen LogP contribution in [0.4, 0.5) is 0 Å². The summed E-state index contributed by atoms with van der Waals surface area (Å²) in [6, 6.07) is 0. The third-order valence-electron chi connectivity index (χ3n) is 17.1. The van der Waals surface area contributed by atoms with Gasteiger partial charge in [-0.05, 0) is 19.3 Å². The van der Waals surface area contributed by atoms with Crippen molar-refractivity contribution in [1.29, 1.82) is 0 Å². The molecule has 6 heteroatoms. The van der Waals surface area contributed by atoms with Crippen LogP contribution in [-0.2, 0) is 28.6 Å². The third kappa shape index (κ3) is 67.1. The molecule has 0 spiro atoms. The highest BCUT2D eigenvalue weighted by molar-refractivity contribution is 5.71. The summed E-state index contributed by atoms with van der Waals surface area (Å²) in [7, 11) is 0. The van der Waals surface area contributed by atoms with Crippen LogP contribution in [0.5, 0.6) is 0 Å². The second kappa shape index (κ2) is 68.9. The average molecular weight is 1120 g/mol. The first-order chi connectivity index (χ1) is 39.0. The normalized spacial score (nSPS) is 11.9. The van der Waals surface area contributed by atoms with Gasteiger partial charge in [-0.1, -0.05) is 393 Å². The molecule has 0 heterocycles. The van der Waals surface area contributed by atoms with Crippen LogP contribution in [0.1, 0.15) is 432 Å². The largest absolute Gasteiger partial charge is 0.462 e. The number of rotatable bonds is 69. The SMILES string of the molecule is CCCCCCCCCCCCCCCCCCCCCCCCCCCCCCCCCCCCCC(=O)OCC(COC(=O)CCCCCCCCCCCCCCC)OC(=O)CCCCCCCCCCCCCCC. The molecule has 0 rings (SSSR count). The molecule has 0 saturated heterocycles. The molecule has 0 aromatic carbocycles. The van der Waals surface area contributed by atoms with Crippen LogP contribution in [0.15, 0.2) is 0 Å². The zero-order chi connectivity index (χ0) is 57.1. The Balaban J connectivity index is 3.97. The quantitative estimate of drug-likeness (QED) is 0.0343. The highest BCUT2D eigenvalue weighted by atomic mass is 16.6. The third-order valence-corrected chi connectivity index (χ3v) is 17.1. The van der Waals surface area contributed by atoms with Gasteiger partial charge < -0.3 is 14.2 Å². The molecule has 0 saturated carbocycles. The van der Waals surface area contributed by atoms with Gasteiger partial charge in [0.15, 0.2) is 6.10 Å². The fourth-order valence-corrected chi connectivity index (χ4v) is 11.6. The van der Waals surface area contributed by atoms with Gasteiger partial charge in [0, 0.05) is 19.3 Å². The molecule has 0 fully saturated rings. The molecule has 0 aliphatic rings. The molecule has 0 N–H and O–H groups in total. The highest BCUT2D eigenvalue weighted by Gasteiger charge is 2.20. The lowest BCUT2D eigenvalue weighted by atomic mass is 10.0. The minimum Gasteiger partial charge on any atom is -0.462 e. The van der Waals surface area contributed by atoms with Crippen LogP contribution >= 0.6 is 0 Å². The van der Waals surface area contributed by atoms with Crippen molar-refractivity contribution in [3.8, 4) is 0 Å². The molecule has 79 heavy (non-hydrogen) atoms. The molecule has 0 amide bonds. The van der Waals surface area contributed by atoms with Crippen molar-refractivity contribution >= 4 is 17.9 Å². The van der Waals surface area contributed by atoms with E-state index in [1.807, 2.05) is 0 Å². The Kier molecular flexibility index (Phi) is 67.5. The van der Waals surface area contributed by atoms with Crippen molar-refractivity contribution in [2.45, 2.75) is 438 Å². The summed E-state index contributed by atoms with van der Waals surface area (Å²) in [4.78, 5) is 38.3. The van der Waals surface area contributed by atoms with Crippen LogP contribution in [0.25, 0.3) is 0 Å². The monoisotopic (exact) mass is 1120 g/mol. The summed E-state index contributed by atoms with van der Waals surface area (Å²) in [6.45, 7) is 6.73. The molecule has 0 aliphatic carbocycles. The number of hydrogen-bond acceptors (Lipinski definition) is 6. The van der Waals surface area contributed by atoms with Crippen molar-refractivity contribution in [2.75, 3.05) is 13.2 Å². The smallest absolute Gasteiger partial charge is 0.306 e. The first-order valence-electron chi connectivity index (χ1n) is 36.5. The lowest BCUT2D eigenvalue weighted by molar-refractivity contribution is -0.167. The lowest BCUT2D eigenvalue weighted by Crippen LogP contribution is -2.30. The van der Waals surface area contributed by atoms with Crippen molar-refractivity contribution in [1.82, 2.24) is 0 Å². The zero-order valence-electron chi connectivity index (χ0n) is 54.2. The summed E-state index contributed by atoms with van der Waals surface area (Å²) < 4.78 is 17.0. The van der Waals surface area contributed by atoms with Gasteiger partial charge in [0.25, 0.3) is 0 Å². The van der Waals surface area contributed by atoms with E-state index in [4.69, 9.17) is 14.2 Å². The van der Waals surface area contributed by atoms with E-state index in [2.05, 4.69) is 20.8 Å². The summed E-state index contributed by atoms with van der Waals surface area (Å²) >= 11 is 0. The van der Waals surface area contributed by atoms with Crippen molar-refractivity contribution in [3.63, 3.8) is 0 Å². The van der Waals surface area contributed by atoms with Gasteiger partial charge in [0.2, 0.25) is 0 Å². The van der Waals surface area contributed by atoms with Crippen molar-refractivity contribution in [2.24, 2.45) is 0 Å². The Hall–Kier alpha value is -1.59. The van der Waals surface area contributed by atoms with Crippen LogP contribution < -0.4 is 0 Å². The molecule has 0 aromatic rings. The van der Waals surface area contributed by atoms with Gasteiger partial charge in [-0.2, -0.15) is 0 Å². The minimum atomic E-state index is -0.762. The molecule has 470 valence electrons. The van der Waals surface area contributed by atoms with Crippen molar-refractivity contribution in [3.05, 3.63) is 0 Å². The standard InChI is InChI=1S/C73H142O6/c1-4-7-10-13-16-19-22-25-26-27-28-29-30-31-32-33-34-35-36-37-38-39-40-41-42-43-44-45-46-49-51-54-57-60-63-66-72(75)78-69-70(79-73(76)67-64-61-58-55-52-48-24-21-18-15-12-9-6-3)68-77-71(74)65-62-59-56-53-50-47-23-20-17-14-11-8-5-2/h70H,4-69H2,1-3H3. The maximum Gasteiger partial charge on any atom is 0.306 e. The van der Waals surface area contributed by atoms with Crippen LogP contribution in [0.2, 0.25) is 0 Å². The zero-order valence-corrected chi connectivity index (χ0v) is 54.2. The van der Waals surface area contributed by atoms with Crippen LogP contribution in [0.3, 0.4) is 0 Å². The maximum atomic E-state index is 12.9. The minimum absolute atomic E-state index is 0.0606. The Labute approximate surface area is 495 Å². The number of esters is 3. The molecular weight excluding hydrogens is 973 g/mol. The fraction of sp³-hybridized carbons (Fsp3) is 0.959. The van der Waals surface area contributed by atoms with Gasteiger partial charge in [0.1, 0.15) is 13.2 Å². The van der Waals surface area contributed by atoms with Gasteiger partial charge in [-0.3, -0.25) is 14.4 Å². The lowest BCUT2D eigenvalue weighted by Gasteiger charge is -2.18. The predicted molar refractivity (Wildman–Crippen MR) is 344 cm³/mol. The molecule has 0 radical (unpaired) electrons. The average Bonchev–Trinajstić information content (AvgIpc) is 3.45. The number of carbonyl (C=O) groups excluding carboxylic acids is 3. The predicted octanol–water partition coefficient (Wildman–Crippen LogP) is 25.0. The maximum absolute atomic E-state index is 12.9. The molecule has 0 aromatic heterocycles. The fourth-order valence-electron chi connectivity index (χ4n) is 11.6. The van der Waals surface area contributed by atoms with E-state index in [0.29, 0.717) is 19.3 Å². The highest BCUT2D eigenvalue weighted by Crippen LogP contribution is 2.20. The van der Waals surface area contributed by atoms with Crippen LogP contribution in [0, 0.1) is 0 Å². The summed E-state index contributed by atoms with van der Waals surface area (Å²) in [5.41, 5.74) is 0. The molecule has 1 atom stereocenters. The van der Waals surface area contributed by atoms with Gasteiger partial charge in [-0.25, -0.2) is 0 Å². The molecule has 0 bridgehead atoms. The Morgan fingerprint density at radius 3 is 0.506 bits per heavy atom. The molecular formula is C73H142O6. The summed E-state index contributed by atoms with van der Waals surface area (Å²) in [6.07, 6.45) is 81.7. The summed E-state index contributed by atoms with van der Waals surface area (Å²) in [5, 5.41) is 0. The van der Waals surface area contributed by atoms with E-state index in [-0.39, 0.29) is 31.1 Å². The van der Waals surface area contributed by atoms with E-state index in [0.717, 1.165) is 57.8 Å². The van der Waals surface area contributed by atoms with Gasteiger partial charge in [-0.15, -0.1) is 0 Å². The second-order valence-electron chi connectivity index (χ2n) is 25.2. The molecule has 1 unspecified atom stereocenters. The number of hydrogen-bond donors (Lipinski definition) is 0. The Bertz CT molecular complexity index is 1190. The van der Waals surface area contributed by atoms with E-state index in [9.17, 15) is 14.4 Å². The Morgan fingerprint density at radius 1 is 0.203 bits per heavy atom. The van der Waals surface area contributed by atoms with E-state index in [1.54, 1.807) is 0 Å². The van der Waals surface area contributed by atoms with Gasteiger partial charge in [0.05, 0.1) is 0 Å². The number of carbonyl (C=O) groups is 3. The van der Waals surface area contributed by atoms with E-state index >= 15 is 0 Å².